The molecule has 0 aliphatic carbocycles. The molecule has 88 valence electrons. The molecular formula is C11H8BrNO3S. The Labute approximate surface area is 110 Å². The van der Waals surface area contributed by atoms with Gasteiger partial charge in [-0.1, -0.05) is 0 Å². The van der Waals surface area contributed by atoms with Gasteiger partial charge in [0.2, 0.25) is 0 Å². The number of hydrogen-bond acceptors (Lipinski definition) is 4. The van der Waals surface area contributed by atoms with Gasteiger partial charge in [0.1, 0.15) is 17.4 Å². The molecule has 0 aliphatic heterocycles. The van der Waals surface area contributed by atoms with Crippen molar-refractivity contribution in [1.29, 1.82) is 0 Å². The van der Waals surface area contributed by atoms with Crippen LogP contribution in [0, 0.1) is 0 Å². The number of carbonyl (C=O) groups is 1. The van der Waals surface area contributed by atoms with E-state index in [1.165, 1.54) is 23.5 Å². The van der Waals surface area contributed by atoms with E-state index in [2.05, 4.69) is 20.9 Å². The van der Waals surface area contributed by atoms with Crippen LogP contribution in [0.3, 0.4) is 0 Å². The van der Waals surface area contributed by atoms with E-state index in [4.69, 9.17) is 9.84 Å². The van der Waals surface area contributed by atoms with Crippen molar-refractivity contribution in [2.75, 3.05) is 0 Å². The minimum atomic E-state index is -0.961. The van der Waals surface area contributed by atoms with Gasteiger partial charge >= 0.3 is 5.97 Å². The van der Waals surface area contributed by atoms with Gasteiger partial charge in [-0.15, -0.1) is 11.3 Å². The van der Waals surface area contributed by atoms with Gasteiger partial charge in [-0.05, 0) is 34.1 Å². The van der Waals surface area contributed by atoms with E-state index in [0.29, 0.717) is 16.8 Å². The van der Waals surface area contributed by atoms with Crippen molar-refractivity contribution in [1.82, 2.24) is 4.98 Å². The fourth-order valence-electron chi connectivity index (χ4n) is 1.21. The summed E-state index contributed by atoms with van der Waals surface area (Å²) in [5, 5.41) is 11.6. The molecule has 0 fully saturated rings. The van der Waals surface area contributed by atoms with Crippen LogP contribution >= 0.6 is 27.3 Å². The summed E-state index contributed by atoms with van der Waals surface area (Å²) in [5.41, 5.74) is 0.221. The van der Waals surface area contributed by atoms with E-state index >= 15 is 0 Å². The number of benzene rings is 1. The average molecular weight is 314 g/mol. The Bertz CT molecular complexity index is 528. The van der Waals surface area contributed by atoms with Crippen LogP contribution in [0.5, 0.6) is 5.75 Å². The number of ether oxygens (including phenoxy) is 1. The summed E-state index contributed by atoms with van der Waals surface area (Å²) >= 11 is 4.78. The van der Waals surface area contributed by atoms with Gasteiger partial charge in [0, 0.05) is 11.6 Å². The summed E-state index contributed by atoms with van der Waals surface area (Å²) in [6, 6.07) is 4.64. The maximum atomic E-state index is 10.7. The standard InChI is InChI=1S/C11H8BrNO3S/c12-8-5-7(11(14)15)1-2-9(8)16-6-10-13-3-4-17-10/h1-5H,6H2,(H,14,15). The normalized spacial score (nSPS) is 10.2. The van der Waals surface area contributed by atoms with Gasteiger partial charge in [0.05, 0.1) is 10.0 Å². The van der Waals surface area contributed by atoms with Crippen LogP contribution in [0.1, 0.15) is 15.4 Å². The van der Waals surface area contributed by atoms with Gasteiger partial charge in [-0.2, -0.15) is 0 Å². The lowest BCUT2D eigenvalue weighted by molar-refractivity contribution is 0.0696. The number of aromatic nitrogens is 1. The number of carboxylic acids is 1. The summed E-state index contributed by atoms with van der Waals surface area (Å²) in [6.07, 6.45) is 1.71. The summed E-state index contributed by atoms with van der Waals surface area (Å²) in [4.78, 5) is 14.8. The lowest BCUT2D eigenvalue weighted by Crippen LogP contribution is -1.99. The molecule has 4 nitrogen and oxygen atoms in total. The molecule has 0 amide bonds. The molecule has 1 heterocycles. The van der Waals surface area contributed by atoms with E-state index in [-0.39, 0.29) is 5.56 Å². The number of thiazole rings is 1. The van der Waals surface area contributed by atoms with E-state index in [1.54, 1.807) is 12.3 Å². The van der Waals surface area contributed by atoms with Crippen molar-refractivity contribution in [3.8, 4) is 5.75 Å². The molecule has 1 aromatic carbocycles. The Morgan fingerprint density at radius 3 is 2.94 bits per heavy atom. The Balaban J connectivity index is 2.09. The van der Waals surface area contributed by atoms with Gasteiger partial charge in [0.15, 0.2) is 0 Å². The van der Waals surface area contributed by atoms with E-state index < -0.39 is 5.97 Å². The maximum Gasteiger partial charge on any atom is 0.335 e. The van der Waals surface area contributed by atoms with Gasteiger partial charge in [-0.25, -0.2) is 9.78 Å². The van der Waals surface area contributed by atoms with Crippen molar-refractivity contribution in [3.63, 3.8) is 0 Å². The third-order valence-corrected chi connectivity index (χ3v) is 3.39. The van der Waals surface area contributed by atoms with Crippen LogP contribution < -0.4 is 4.74 Å². The summed E-state index contributed by atoms with van der Waals surface area (Å²) in [6.45, 7) is 0.378. The summed E-state index contributed by atoms with van der Waals surface area (Å²) in [7, 11) is 0. The minimum Gasteiger partial charge on any atom is -0.485 e. The number of carboxylic acid groups (broad SMARTS) is 1. The van der Waals surface area contributed by atoms with Crippen LogP contribution in [-0.4, -0.2) is 16.1 Å². The fraction of sp³-hybridized carbons (Fsp3) is 0.0909. The highest BCUT2D eigenvalue weighted by atomic mass is 79.9. The molecule has 1 aromatic heterocycles. The fourth-order valence-corrected chi connectivity index (χ4v) is 2.24. The number of aromatic carboxylic acids is 1. The van der Waals surface area contributed by atoms with Crippen molar-refractivity contribution in [2.45, 2.75) is 6.61 Å². The Morgan fingerprint density at radius 1 is 1.53 bits per heavy atom. The second kappa shape index (κ2) is 5.29. The summed E-state index contributed by atoms with van der Waals surface area (Å²) < 4.78 is 6.14. The Hall–Kier alpha value is -1.40. The monoisotopic (exact) mass is 313 g/mol. The van der Waals surface area contributed by atoms with Crippen molar-refractivity contribution in [2.24, 2.45) is 0 Å². The molecule has 17 heavy (non-hydrogen) atoms. The summed E-state index contributed by atoms with van der Waals surface area (Å²) in [5.74, 6) is -0.359. The topological polar surface area (TPSA) is 59.4 Å². The first-order chi connectivity index (χ1) is 8.16. The van der Waals surface area contributed by atoms with Gasteiger partial charge < -0.3 is 9.84 Å². The zero-order valence-corrected chi connectivity index (χ0v) is 11.0. The van der Waals surface area contributed by atoms with Gasteiger partial charge in [0.25, 0.3) is 0 Å². The largest absolute Gasteiger partial charge is 0.485 e. The second-order valence-electron chi connectivity index (χ2n) is 3.16. The van der Waals surface area contributed by atoms with Crippen LogP contribution in [0.4, 0.5) is 0 Å². The zero-order valence-electron chi connectivity index (χ0n) is 8.59. The molecule has 0 saturated heterocycles. The lowest BCUT2D eigenvalue weighted by Gasteiger charge is -2.06. The highest BCUT2D eigenvalue weighted by Gasteiger charge is 2.08. The number of rotatable bonds is 4. The van der Waals surface area contributed by atoms with Crippen LogP contribution in [0.25, 0.3) is 0 Å². The SMILES string of the molecule is O=C(O)c1ccc(OCc2nccs2)c(Br)c1. The molecule has 0 atom stereocenters. The van der Waals surface area contributed by atoms with Crippen LogP contribution in [-0.2, 0) is 6.61 Å². The van der Waals surface area contributed by atoms with Gasteiger partial charge in [-0.3, -0.25) is 0 Å². The number of halogens is 1. The zero-order chi connectivity index (χ0) is 12.3. The minimum absolute atomic E-state index is 0.221. The molecule has 0 bridgehead atoms. The number of hydrogen-bond donors (Lipinski definition) is 1. The Morgan fingerprint density at radius 2 is 2.35 bits per heavy atom. The van der Waals surface area contributed by atoms with Crippen molar-refractivity contribution < 1.29 is 14.6 Å². The van der Waals surface area contributed by atoms with Crippen molar-refractivity contribution >= 4 is 33.2 Å². The smallest absolute Gasteiger partial charge is 0.335 e. The highest BCUT2D eigenvalue weighted by molar-refractivity contribution is 9.10. The Kier molecular flexibility index (Phi) is 3.75. The molecule has 0 saturated carbocycles. The van der Waals surface area contributed by atoms with E-state index in [1.807, 2.05) is 5.38 Å². The molecule has 0 radical (unpaired) electrons. The third-order valence-electron chi connectivity index (χ3n) is 2.01. The first-order valence-corrected chi connectivity index (χ1v) is 6.38. The molecule has 0 spiro atoms. The first kappa shape index (κ1) is 12.1. The third kappa shape index (κ3) is 3.04. The number of nitrogens with zero attached hydrogens (tertiary/aromatic N) is 1. The maximum absolute atomic E-state index is 10.7. The second-order valence-corrected chi connectivity index (χ2v) is 5.00. The first-order valence-electron chi connectivity index (χ1n) is 4.71. The van der Waals surface area contributed by atoms with E-state index in [0.717, 1.165) is 5.01 Å². The lowest BCUT2D eigenvalue weighted by atomic mass is 10.2. The van der Waals surface area contributed by atoms with E-state index in [9.17, 15) is 4.79 Å². The molecule has 0 aliphatic rings. The molecule has 1 N–H and O–H groups in total. The molecule has 2 rings (SSSR count). The molecule has 2 aromatic rings. The predicted octanol–water partition coefficient (Wildman–Crippen LogP) is 3.18. The van der Waals surface area contributed by atoms with Crippen LogP contribution in [0.15, 0.2) is 34.2 Å². The van der Waals surface area contributed by atoms with Crippen LogP contribution in [0.2, 0.25) is 0 Å². The quantitative estimate of drug-likeness (QED) is 0.941. The molecule has 0 unspecified atom stereocenters. The molecular weight excluding hydrogens is 306 g/mol. The average Bonchev–Trinajstić information content (AvgIpc) is 2.80. The highest BCUT2D eigenvalue weighted by Crippen LogP contribution is 2.27. The molecule has 6 heteroatoms. The van der Waals surface area contributed by atoms with Crippen molar-refractivity contribution in [3.05, 3.63) is 44.8 Å². The predicted molar refractivity (Wildman–Crippen MR) is 67.5 cm³/mol.